The molecule has 0 saturated carbocycles. The van der Waals surface area contributed by atoms with E-state index in [4.69, 9.17) is 4.74 Å². The van der Waals surface area contributed by atoms with E-state index in [1.807, 2.05) is 50.3 Å². The molecule has 28 heavy (non-hydrogen) atoms. The Morgan fingerprint density at radius 1 is 1.18 bits per heavy atom. The van der Waals surface area contributed by atoms with E-state index in [9.17, 15) is 14.4 Å². The molecule has 2 aliphatic rings. The molecule has 2 aliphatic carbocycles. The molecule has 3 rings (SSSR count). The van der Waals surface area contributed by atoms with Gasteiger partial charge in [-0.2, -0.15) is 0 Å². The number of fused-ring (bicyclic) bond motifs is 1. The summed E-state index contributed by atoms with van der Waals surface area (Å²) in [4.78, 5) is 36.0. The first-order valence-corrected chi connectivity index (χ1v) is 9.62. The van der Waals surface area contributed by atoms with Crippen LogP contribution < -0.4 is 0 Å². The first kappa shape index (κ1) is 20.0. The van der Waals surface area contributed by atoms with E-state index < -0.39 is 23.4 Å². The zero-order valence-corrected chi connectivity index (χ0v) is 16.6. The molecule has 0 radical (unpaired) electrons. The van der Waals surface area contributed by atoms with Crippen LogP contribution in [0.2, 0.25) is 0 Å². The maximum Gasteiger partial charge on any atom is 0.331 e. The predicted molar refractivity (Wildman–Crippen MR) is 108 cm³/mol. The Bertz CT molecular complexity index is 862. The Labute approximate surface area is 166 Å². The van der Waals surface area contributed by atoms with Crippen molar-refractivity contribution in [3.05, 3.63) is 64.8 Å². The molecule has 4 atom stereocenters. The molecular weight excluding hydrogens is 352 g/mol. The number of hydrogen-bond donors (Lipinski definition) is 0. The number of aldehydes is 2. The molecule has 0 bridgehead atoms. The van der Waals surface area contributed by atoms with Crippen molar-refractivity contribution in [3.8, 4) is 0 Å². The van der Waals surface area contributed by atoms with E-state index >= 15 is 0 Å². The van der Waals surface area contributed by atoms with Gasteiger partial charge >= 0.3 is 5.97 Å². The third-order valence-electron chi connectivity index (χ3n) is 6.49. The minimum Gasteiger partial charge on any atom is -0.458 e. The third-order valence-corrected chi connectivity index (χ3v) is 6.49. The molecule has 1 aromatic rings. The number of carbonyl (C=O) groups is 3. The summed E-state index contributed by atoms with van der Waals surface area (Å²) in [5.41, 5.74) is 3.17. The zero-order chi connectivity index (χ0) is 20.3. The van der Waals surface area contributed by atoms with Crippen LogP contribution in [-0.2, 0) is 19.1 Å². The summed E-state index contributed by atoms with van der Waals surface area (Å²) in [7, 11) is 0. The summed E-state index contributed by atoms with van der Waals surface area (Å²) < 4.78 is 5.87. The van der Waals surface area contributed by atoms with Crippen molar-refractivity contribution in [2.75, 3.05) is 0 Å². The molecule has 0 aliphatic heterocycles. The SMILES string of the molecule is CC1=C(C)[C@@H]2CC=C(C=O)[C@H](C=O)[C@@]2(C)[C@H](OC(=O)C=Cc2ccccc2)C1. The van der Waals surface area contributed by atoms with E-state index in [1.54, 1.807) is 6.08 Å². The Morgan fingerprint density at radius 3 is 2.54 bits per heavy atom. The van der Waals surface area contributed by atoms with Crippen LogP contribution in [0.1, 0.15) is 39.2 Å². The maximum atomic E-state index is 12.5. The molecule has 1 aromatic carbocycles. The lowest BCUT2D eigenvalue weighted by atomic mass is 9.53. The van der Waals surface area contributed by atoms with E-state index in [0.29, 0.717) is 18.4 Å². The van der Waals surface area contributed by atoms with Gasteiger partial charge in [-0.05, 0) is 43.4 Å². The van der Waals surface area contributed by atoms with E-state index in [2.05, 4.69) is 6.92 Å². The Kier molecular flexibility index (Phi) is 5.78. The Morgan fingerprint density at radius 2 is 1.89 bits per heavy atom. The van der Waals surface area contributed by atoms with Crippen LogP contribution in [0.15, 0.2) is 59.2 Å². The number of hydrogen-bond acceptors (Lipinski definition) is 4. The third kappa shape index (κ3) is 3.51. The molecule has 0 spiro atoms. The number of benzene rings is 1. The largest absolute Gasteiger partial charge is 0.458 e. The molecule has 0 aromatic heterocycles. The van der Waals surface area contributed by atoms with Gasteiger partial charge in [-0.3, -0.25) is 4.79 Å². The quantitative estimate of drug-likeness (QED) is 0.331. The van der Waals surface area contributed by atoms with Crippen LogP contribution in [0.4, 0.5) is 0 Å². The van der Waals surface area contributed by atoms with E-state index in [0.717, 1.165) is 18.1 Å². The fourth-order valence-electron chi connectivity index (χ4n) is 4.66. The van der Waals surface area contributed by atoms with Crippen molar-refractivity contribution in [3.63, 3.8) is 0 Å². The van der Waals surface area contributed by atoms with E-state index in [1.165, 1.54) is 17.2 Å². The van der Waals surface area contributed by atoms with Crippen LogP contribution in [0, 0.1) is 17.3 Å². The van der Waals surface area contributed by atoms with Crippen LogP contribution in [-0.4, -0.2) is 24.6 Å². The molecule has 4 heteroatoms. The van der Waals surface area contributed by atoms with Gasteiger partial charge in [0, 0.05) is 17.9 Å². The van der Waals surface area contributed by atoms with E-state index in [-0.39, 0.29) is 5.92 Å². The molecular formula is C24H26O4. The summed E-state index contributed by atoms with van der Waals surface area (Å²) in [5, 5.41) is 0. The molecule has 0 amide bonds. The molecule has 0 heterocycles. The van der Waals surface area contributed by atoms with Crippen LogP contribution >= 0.6 is 0 Å². The van der Waals surface area contributed by atoms with Crippen molar-refractivity contribution in [1.29, 1.82) is 0 Å². The van der Waals surface area contributed by atoms with Gasteiger partial charge in [0.1, 0.15) is 18.7 Å². The summed E-state index contributed by atoms with van der Waals surface area (Å²) in [5.74, 6) is -0.952. The highest BCUT2D eigenvalue weighted by Crippen LogP contribution is 2.55. The maximum absolute atomic E-state index is 12.5. The second kappa shape index (κ2) is 8.09. The Hall–Kier alpha value is -2.75. The molecule has 0 unspecified atom stereocenters. The van der Waals surface area contributed by atoms with Crippen molar-refractivity contribution >= 4 is 24.6 Å². The molecule has 0 fully saturated rings. The second-order valence-corrected chi connectivity index (χ2v) is 7.93. The van der Waals surface area contributed by atoms with Gasteiger partial charge in [-0.25, -0.2) is 4.79 Å². The fourth-order valence-corrected chi connectivity index (χ4v) is 4.66. The van der Waals surface area contributed by atoms with Crippen LogP contribution in [0.25, 0.3) is 6.08 Å². The first-order chi connectivity index (χ1) is 13.4. The minimum absolute atomic E-state index is 0.0658. The topological polar surface area (TPSA) is 60.4 Å². The van der Waals surface area contributed by atoms with Crippen LogP contribution in [0.5, 0.6) is 0 Å². The van der Waals surface area contributed by atoms with Gasteiger partial charge in [-0.15, -0.1) is 0 Å². The van der Waals surface area contributed by atoms with Gasteiger partial charge in [0.2, 0.25) is 0 Å². The van der Waals surface area contributed by atoms with Gasteiger partial charge in [0.25, 0.3) is 0 Å². The minimum atomic E-state index is -0.632. The lowest BCUT2D eigenvalue weighted by Crippen LogP contribution is -2.53. The van der Waals surface area contributed by atoms with Crippen molar-refractivity contribution in [2.24, 2.45) is 17.3 Å². The summed E-state index contributed by atoms with van der Waals surface area (Å²) >= 11 is 0. The highest BCUT2D eigenvalue weighted by Gasteiger charge is 2.54. The van der Waals surface area contributed by atoms with Crippen molar-refractivity contribution in [1.82, 2.24) is 0 Å². The second-order valence-electron chi connectivity index (χ2n) is 7.93. The van der Waals surface area contributed by atoms with Crippen LogP contribution in [0.3, 0.4) is 0 Å². The first-order valence-electron chi connectivity index (χ1n) is 9.62. The normalized spacial score (nSPS) is 29.8. The average Bonchev–Trinajstić information content (AvgIpc) is 2.70. The Balaban J connectivity index is 1.90. The average molecular weight is 378 g/mol. The summed E-state index contributed by atoms with van der Waals surface area (Å²) in [6.45, 7) is 6.10. The number of esters is 1. The number of ether oxygens (including phenoxy) is 1. The molecule has 0 saturated heterocycles. The number of allylic oxidation sites excluding steroid dienone is 3. The van der Waals surface area contributed by atoms with Crippen molar-refractivity contribution < 1.29 is 19.1 Å². The van der Waals surface area contributed by atoms with Gasteiger partial charge in [0.15, 0.2) is 0 Å². The zero-order valence-electron chi connectivity index (χ0n) is 16.6. The lowest BCUT2D eigenvalue weighted by molar-refractivity contribution is -0.158. The smallest absolute Gasteiger partial charge is 0.331 e. The highest BCUT2D eigenvalue weighted by atomic mass is 16.5. The molecule has 4 nitrogen and oxygen atoms in total. The highest BCUT2D eigenvalue weighted by molar-refractivity contribution is 5.87. The summed E-state index contributed by atoms with van der Waals surface area (Å²) in [6, 6.07) is 9.53. The van der Waals surface area contributed by atoms with Gasteiger partial charge < -0.3 is 9.53 Å². The summed E-state index contributed by atoms with van der Waals surface area (Å²) in [6.07, 6.45) is 7.36. The fraction of sp³-hybridized carbons (Fsp3) is 0.375. The standard InChI is InChI=1S/C24H26O4/c1-16-13-22(28-23(27)12-9-18-7-5-4-6-8-18)24(3)20(17(16)2)11-10-19(14-25)21(24)15-26/h4-10,12,14-15,20-22H,11,13H2,1-3H3/t20-,21-,22+,24-/m0/s1. The molecule has 146 valence electrons. The van der Waals surface area contributed by atoms with Gasteiger partial charge in [0.05, 0.1) is 5.92 Å². The molecule has 0 N–H and O–H groups in total. The lowest BCUT2D eigenvalue weighted by Gasteiger charge is -2.52. The predicted octanol–water partition coefficient (Wildman–Crippen LogP) is 4.32. The number of rotatable bonds is 5. The number of carbonyl (C=O) groups excluding carboxylic acids is 3. The monoisotopic (exact) mass is 378 g/mol. The van der Waals surface area contributed by atoms with Gasteiger partial charge in [-0.1, -0.05) is 54.5 Å². The van der Waals surface area contributed by atoms with Crippen molar-refractivity contribution in [2.45, 2.75) is 39.7 Å².